The van der Waals surface area contributed by atoms with Gasteiger partial charge in [-0.15, -0.1) is 11.3 Å². The van der Waals surface area contributed by atoms with Gasteiger partial charge in [0.05, 0.1) is 5.52 Å². The smallest absolute Gasteiger partial charge is 0.272 e. The van der Waals surface area contributed by atoms with Crippen LogP contribution >= 0.6 is 23.6 Å². The van der Waals surface area contributed by atoms with Crippen LogP contribution in [0.4, 0.5) is 0 Å². The van der Waals surface area contributed by atoms with Crippen LogP contribution < -0.4 is 5.56 Å². The maximum absolute atomic E-state index is 12.4. The average molecular weight is 281 g/mol. The number of nitrogens with one attached hydrogen (secondary N) is 1. The molecule has 1 fully saturated rings. The molecule has 1 atom stereocenters. The highest BCUT2D eigenvalue weighted by molar-refractivity contribution is 7.71. The minimum Gasteiger partial charge on any atom is -0.344 e. The fourth-order valence-corrected chi connectivity index (χ4v) is 3.38. The zero-order chi connectivity index (χ0) is 12.9. The second-order valence-corrected chi connectivity index (χ2v) is 5.64. The number of likely N-dealkylation sites (N-methyl/N-ethyl adjacent to an activating group) is 1. The number of aromatic nitrogens is 2. The average Bonchev–Trinajstić information content (AvgIpc) is 2.90. The molecule has 18 heavy (non-hydrogen) atoms. The molecule has 3 heterocycles. The highest BCUT2D eigenvalue weighted by atomic mass is 32.1. The lowest BCUT2D eigenvalue weighted by molar-refractivity contribution is -0.129. The first-order chi connectivity index (χ1) is 8.59. The van der Waals surface area contributed by atoms with Crippen molar-refractivity contribution in [3.8, 4) is 0 Å². The zero-order valence-corrected chi connectivity index (χ0v) is 11.3. The molecule has 94 valence electrons. The Kier molecular flexibility index (Phi) is 2.60. The van der Waals surface area contributed by atoms with Crippen LogP contribution in [0.5, 0.6) is 0 Å². The Labute approximate surface area is 112 Å². The third-order valence-electron chi connectivity index (χ3n) is 3.25. The Balaban J connectivity index is 2.26. The van der Waals surface area contributed by atoms with Crippen molar-refractivity contribution in [1.82, 2.24) is 14.5 Å². The molecular formula is C11H11N3O2S2. The van der Waals surface area contributed by atoms with Gasteiger partial charge in [-0.3, -0.25) is 14.2 Å². The van der Waals surface area contributed by atoms with E-state index < -0.39 is 6.04 Å². The minimum atomic E-state index is -0.460. The molecule has 1 aliphatic heterocycles. The Morgan fingerprint density at radius 3 is 2.94 bits per heavy atom. The van der Waals surface area contributed by atoms with E-state index in [1.54, 1.807) is 11.9 Å². The lowest BCUT2D eigenvalue weighted by Gasteiger charge is -2.13. The third-order valence-corrected chi connectivity index (χ3v) is 4.45. The van der Waals surface area contributed by atoms with Gasteiger partial charge < -0.3 is 9.88 Å². The van der Waals surface area contributed by atoms with Gasteiger partial charge in [0.15, 0.2) is 4.77 Å². The SMILES string of the molecule is CN1CCC(n2c(=S)[nH]c3ccsc3c2=O)C1=O. The van der Waals surface area contributed by atoms with Crippen LogP contribution in [0.15, 0.2) is 16.2 Å². The summed E-state index contributed by atoms with van der Waals surface area (Å²) in [5.74, 6) is -0.0486. The van der Waals surface area contributed by atoms with Crippen LogP contribution in [-0.2, 0) is 4.79 Å². The van der Waals surface area contributed by atoms with E-state index in [-0.39, 0.29) is 11.5 Å². The highest BCUT2D eigenvalue weighted by Crippen LogP contribution is 2.22. The number of nitrogens with zero attached hydrogens (tertiary/aromatic N) is 2. The molecular weight excluding hydrogens is 270 g/mol. The molecule has 1 N–H and O–H groups in total. The highest BCUT2D eigenvalue weighted by Gasteiger charge is 2.32. The summed E-state index contributed by atoms with van der Waals surface area (Å²) in [4.78, 5) is 29.0. The third kappa shape index (κ3) is 1.54. The summed E-state index contributed by atoms with van der Waals surface area (Å²) in [6, 6.07) is 1.36. The van der Waals surface area contributed by atoms with Crippen LogP contribution in [0.25, 0.3) is 10.2 Å². The monoisotopic (exact) mass is 281 g/mol. The molecule has 1 unspecified atom stereocenters. The molecule has 1 saturated heterocycles. The Hall–Kier alpha value is -1.47. The van der Waals surface area contributed by atoms with Gasteiger partial charge >= 0.3 is 0 Å². The second kappa shape index (κ2) is 4.03. The van der Waals surface area contributed by atoms with Gasteiger partial charge in [-0.25, -0.2) is 0 Å². The number of rotatable bonds is 1. The van der Waals surface area contributed by atoms with E-state index in [9.17, 15) is 9.59 Å². The zero-order valence-electron chi connectivity index (χ0n) is 9.67. The standard InChI is InChI=1S/C11H11N3O2S2/c1-13-4-2-7(9(13)15)14-10(16)8-6(3-5-18-8)12-11(14)17/h3,5,7H,2,4H2,1H3,(H,12,17). The quantitative estimate of drug-likeness (QED) is 0.806. The number of likely N-dealkylation sites (tertiary alicyclic amines) is 1. The van der Waals surface area contributed by atoms with Crippen molar-refractivity contribution in [3.63, 3.8) is 0 Å². The molecule has 1 amide bonds. The summed E-state index contributed by atoms with van der Waals surface area (Å²) in [6.45, 7) is 0.660. The van der Waals surface area contributed by atoms with Gasteiger partial charge in [-0.05, 0) is 30.1 Å². The number of H-pyrrole nitrogens is 1. The van der Waals surface area contributed by atoms with Gasteiger partial charge in [0.25, 0.3) is 5.56 Å². The number of aromatic amines is 1. The van der Waals surface area contributed by atoms with Crippen molar-refractivity contribution in [2.75, 3.05) is 13.6 Å². The molecule has 2 aromatic rings. The van der Waals surface area contributed by atoms with E-state index in [0.29, 0.717) is 22.4 Å². The number of hydrogen-bond acceptors (Lipinski definition) is 4. The minimum absolute atomic E-state index is 0.0486. The fourth-order valence-electron chi connectivity index (χ4n) is 2.28. The van der Waals surface area contributed by atoms with Gasteiger partial charge in [-0.2, -0.15) is 0 Å². The van der Waals surface area contributed by atoms with Crippen molar-refractivity contribution in [1.29, 1.82) is 0 Å². The largest absolute Gasteiger partial charge is 0.344 e. The van der Waals surface area contributed by atoms with E-state index in [1.165, 1.54) is 15.9 Å². The fraction of sp³-hybridized carbons (Fsp3) is 0.364. The molecule has 0 bridgehead atoms. The van der Waals surface area contributed by atoms with Crippen LogP contribution in [0.1, 0.15) is 12.5 Å². The normalized spacial score (nSPS) is 19.9. The summed E-state index contributed by atoms with van der Waals surface area (Å²) >= 11 is 6.56. The molecule has 0 spiro atoms. The molecule has 0 aliphatic carbocycles. The van der Waals surface area contributed by atoms with Gasteiger partial charge in [-0.1, -0.05) is 0 Å². The van der Waals surface area contributed by atoms with Crippen molar-refractivity contribution in [2.45, 2.75) is 12.5 Å². The lowest BCUT2D eigenvalue weighted by atomic mass is 10.2. The Morgan fingerprint density at radius 2 is 2.28 bits per heavy atom. The summed E-state index contributed by atoms with van der Waals surface area (Å²) in [7, 11) is 1.74. The van der Waals surface area contributed by atoms with Crippen molar-refractivity contribution < 1.29 is 4.79 Å². The number of amides is 1. The summed E-state index contributed by atoms with van der Waals surface area (Å²) in [6.07, 6.45) is 0.629. The molecule has 3 rings (SSSR count). The van der Waals surface area contributed by atoms with Crippen LogP contribution in [-0.4, -0.2) is 34.0 Å². The molecule has 0 aromatic carbocycles. The predicted molar refractivity (Wildman–Crippen MR) is 72.6 cm³/mol. The first-order valence-electron chi connectivity index (χ1n) is 5.56. The molecule has 0 saturated carbocycles. The van der Waals surface area contributed by atoms with E-state index in [2.05, 4.69) is 4.98 Å². The maximum Gasteiger partial charge on any atom is 0.272 e. The first kappa shape index (κ1) is 11.6. The Morgan fingerprint density at radius 1 is 1.50 bits per heavy atom. The van der Waals surface area contributed by atoms with Crippen molar-refractivity contribution in [3.05, 3.63) is 26.6 Å². The number of fused-ring (bicyclic) bond motifs is 1. The lowest BCUT2D eigenvalue weighted by Crippen LogP contribution is -2.31. The number of hydrogen-bond donors (Lipinski definition) is 1. The van der Waals surface area contributed by atoms with Crippen LogP contribution in [0.3, 0.4) is 0 Å². The predicted octanol–water partition coefficient (Wildman–Crippen LogP) is 1.52. The maximum atomic E-state index is 12.4. The first-order valence-corrected chi connectivity index (χ1v) is 6.85. The summed E-state index contributed by atoms with van der Waals surface area (Å²) in [5, 5.41) is 1.84. The van der Waals surface area contributed by atoms with E-state index in [4.69, 9.17) is 12.2 Å². The van der Waals surface area contributed by atoms with Crippen LogP contribution in [0, 0.1) is 4.77 Å². The molecule has 1 aliphatic rings. The number of carbonyl (C=O) groups is 1. The van der Waals surface area contributed by atoms with Crippen molar-refractivity contribution >= 4 is 39.7 Å². The molecule has 5 nitrogen and oxygen atoms in total. The summed E-state index contributed by atoms with van der Waals surface area (Å²) < 4.78 is 2.35. The van der Waals surface area contributed by atoms with E-state index in [1.807, 2.05) is 11.4 Å². The number of carbonyl (C=O) groups excluding carboxylic acids is 1. The van der Waals surface area contributed by atoms with E-state index >= 15 is 0 Å². The topological polar surface area (TPSA) is 58.1 Å². The molecule has 0 radical (unpaired) electrons. The van der Waals surface area contributed by atoms with Gasteiger partial charge in [0.2, 0.25) is 5.91 Å². The molecule has 7 heteroatoms. The van der Waals surface area contributed by atoms with E-state index in [0.717, 1.165) is 5.52 Å². The van der Waals surface area contributed by atoms with Crippen LogP contribution in [0.2, 0.25) is 0 Å². The summed E-state index contributed by atoms with van der Waals surface area (Å²) in [5.41, 5.74) is 0.572. The van der Waals surface area contributed by atoms with Gasteiger partial charge in [0, 0.05) is 13.6 Å². The number of thiophene rings is 1. The van der Waals surface area contributed by atoms with Crippen molar-refractivity contribution in [2.24, 2.45) is 0 Å². The Bertz CT molecular complexity index is 743. The van der Waals surface area contributed by atoms with Gasteiger partial charge in [0.1, 0.15) is 10.7 Å². The molecule has 2 aromatic heterocycles. The second-order valence-electron chi connectivity index (χ2n) is 4.33.